The van der Waals surface area contributed by atoms with Crippen molar-refractivity contribution < 1.29 is 9.26 Å². The Morgan fingerprint density at radius 1 is 1.03 bits per heavy atom. The SMILES string of the molecule is COc1ccc(-c2noc(CN3CCN(Cc4cn5ccccc5c4C#N)CC3)n2)cc1. The molecule has 0 aliphatic carbocycles. The van der Waals surface area contributed by atoms with E-state index in [9.17, 15) is 5.26 Å². The third kappa shape index (κ3) is 4.08. The smallest absolute Gasteiger partial charge is 0.241 e. The van der Waals surface area contributed by atoms with Crippen molar-refractivity contribution in [3.8, 4) is 23.2 Å². The highest BCUT2D eigenvalue weighted by atomic mass is 16.5. The highest BCUT2D eigenvalue weighted by molar-refractivity contribution is 5.65. The average molecular weight is 428 g/mol. The molecule has 0 amide bonds. The van der Waals surface area contributed by atoms with E-state index in [4.69, 9.17) is 9.26 Å². The average Bonchev–Trinajstić information content (AvgIpc) is 3.44. The fourth-order valence-electron chi connectivity index (χ4n) is 4.14. The highest BCUT2D eigenvalue weighted by Crippen LogP contribution is 2.22. The van der Waals surface area contributed by atoms with E-state index in [1.165, 1.54) is 0 Å². The Morgan fingerprint density at radius 2 is 1.78 bits per heavy atom. The summed E-state index contributed by atoms with van der Waals surface area (Å²) in [6.45, 7) is 5.09. The van der Waals surface area contributed by atoms with Gasteiger partial charge in [0.2, 0.25) is 11.7 Å². The molecule has 5 rings (SSSR count). The van der Waals surface area contributed by atoms with Crippen molar-refractivity contribution in [2.45, 2.75) is 13.1 Å². The lowest BCUT2D eigenvalue weighted by molar-refractivity contribution is 0.112. The summed E-state index contributed by atoms with van der Waals surface area (Å²) in [5.74, 6) is 2.01. The Morgan fingerprint density at radius 3 is 2.50 bits per heavy atom. The highest BCUT2D eigenvalue weighted by Gasteiger charge is 2.21. The molecule has 1 fully saturated rings. The number of rotatable bonds is 6. The lowest BCUT2D eigenvalue weighted by atomic mass is 10.1. The van der Waals surface area contributed by atoms with Crippen LogP contribution in [0.1, 0.15) is 17.0 Å². The number of hydrogen-bond acceptors (Lipinski definition) is 7. The zero-order valence-electron chi connectivity index (χ0n) is 17.9. The van der Waals surface area contributed by atoms with E-state index in [-0.39, 0.29) is 0 Å². The van der Waals surface area contributed by atoms with Gasteiger partial charge in [-0.25, -0.2) is 0 Å². The van der Waals surface area contributed by atoms with Crippen LogP contribution in [0.15, 0.2) is 59.4 Å². The van der Waals surface area contributed by atoms with E-state index in [1.807, 2.05) is 53.1 Å². The van der Waals surface area contributed by atoms with Crippen LogP contribution in [0.5, 0.6) is 5.75 Å². The summed E-state index contributed by atoms with van der Waals surface area (Å²) in [5.41, 5.74) is 3.71. The lowest BCUT2D eigenvalue weighted by Crippen LogP contribution is -2.45. The van der Waals surface area contributed by atoms with E-state index < -0.39 is 0 Å². The molecule has 0 N–H and O–H groups in total. The third-order valence-corrected chi connectivity index (χ3v) is 5.91. The van der Waals surface area contributed by atoms with Crippen LogP contribution in [0.25, 0.3) is 16.9 Å². The van der Waals surface area contributed by atoms with Crippen LogP contribution in [0.3, 0.4) is 0 Å². The summed E-state index contributed by atoms with van der Waals surface area (Å²) < 4.78 is 12.7. The molecule has 1 aromatic carbocycles. The summed E-state index contributed by atoms with van der Waals surface area (Å²) in [6, 6.07) is 15.9. The van der Waals surface area contributed by atoms with E-state index in [2.05, 4.69) is 32.2 Å². The van der Waals surface area contributed by atoms with Crippen LogP contribution in [0.4, 0.5) is 0 Å². The predicted octanol–water partition coefficient (Wildman–Crippen LogP) is 3.19. The maximum Gasteiger partial charge on any atom is 0.241 e. The van der Waals surface area contributed by atoms with Gasteiger partial charge in [-0.1, -0.05) is 11.2 Å². The normalized spacial score (nSPS) is 15.1. The number of benzene rings is 1. The molecule has 1 saturated heterocycles. The van der Waals surface area contributed by atoms with E-state index in [0.717, 1.165) is 60.7 Å². The number of pyridine rings is 1. The molecule has 0 atom stereocenters. The van der Waals surface area contributed by atoms with Gasteiger partial charge in [0, 0.05) is 56.2 Å². The Balaban J connectivity index is 1.18. The van der Waals surface area contributed by atoms with Crippen molar-refractivity contribution in [1.29, 1.82) is 5.26 Å². The molecule has 4 heterocycles. The minimum absolute atomic E-state index is 0.589. The van der Waals surface area contributed by atoms with Gasteiger partial charge in [0.25, 0.3) is 0 Å². The molecule has 1 aliphatic heterocycles. The number of ether oxygens (including phenoxy) is 1. The van der Waals surface area contributed by atoms with Gasteiger partial charge in [-0.15, -0.1) is 0 Å². The molecule has 8 heteroatoms. The Labute approximate surface area is 186 Å². The summed E-state index contributed by atoms with van der Waals surface area (Å²) in [6.07, 6.45) is 4.06. The maximum absolute atomic E-state index is 9.63. The molecule has 32 heavy (non-hydrogen) atoms. The van der Waals surface area contributed by atoms with Gasteiger partial charge in [-0.3, -0.25) is 9.80 Å². The van der Waals surface area contributed by atoms with Crippen LogP contribution < -0.4 is 4.74 Å². The van der Waals surface area contributed by atoms with Gasteiger partial charge in [0.1, 0.15) is 11.8 Å². The van der Waals surface area contributed by atoms with Crippen molar-refractivity contribution in [3.63, 3.8) is 0 Å². The number of nitriles is 1. The summed E-state index contributed by atoms with van der Waals surface area (Å²) >= 11 is 0. The van der Waals surface area contributed by atoms with Gasteiger partial charge >= 0.3 is 0 Å². The first kappa shape index (κ1) is 20.2. The number of nitrogens with zero attached hydrogens (tertiary/aromatic N) is 6. The first-order valence-corrected chi connectivity index (χ1v) is 10.6. The van der Waals surface area contributed by atoms with Crippen molar-refractivity contribution in [3.05, 3.63) is 71.9 Å². The van der Waals surface area contributed by atoms with Crippen LogP contribution in [-0.4, -0.2) is 57.6 Å². The quantitative estimate of drug-likeness (QED) is 0.466. The molecule has 8 nitrogen and oxygen atoms in total. The Kier molecular flexibility index (Phi) is 5.58. The van der Waals surface area contributed by atoms with Crippen molar-refractivity contribution in [2.24, 2.45) is 0 Å². The monoisotopic (exact) mass is 428 g/mol. The number of piperazine rings is 1. The number of fused-ring (bicyclic) bond motifs is 1. The molecular weight excluding hydrogens is 404 g/mol. The fourth-order valence-corrected chi connectivity index (χ4v) is 4.14. The van der Waals surface area contributed by atoms with E-state index >= 15 is 0 Å². The molecule has 0 spiro atoms. The van der Waals surface area contributed by atoms with E-state index in [1.54, 1.807) is 7.11 Å². The minimum Gasteiger partial charge on any atom is -0.497 e. The molecule has 0 radical (unpaired) electrons. The van der Waals surface area contributed by atoms with Crippen LogP contribution in [0.2, 0.25) is 0 Å². The van der Waals surface area contributed by atoms with Gasteiger partial charge < -0.3 is 13.7 Å². The van der Waals surface area contributed by atoms with Crippen molar-refractivity contribution in [2.75, 3.05) is 33.3 Å². The van der Waals surface area contributed by atoms with Crippen LogP contribution >= 0.6 is 0 Å². The second kappa shape index (κ2) is 8.83. The second-order valence-electron chi connectivity index (χ2n) is 7.93. The Hall–Kier alpha value is -3.67. The number of hydrogen-bond donors (Lipinski definition) is 0. The van der Waals surface area contributed by atoms with Gasteiger partial charge in [-0.2, -0.15) is 10.2 Å². The molecule has 1 aliphatic rings. The predicted molar refractivity (Wildman–Crippen MR) is 119 cm³/mol. The molecule has 0 saturated carbocycles. The Bertz CT molecular complexity index is 1250. The third-order valence-electron chi connectivity index (χ3n) is 5.91. The molecule has 0 unspecified atom stereocenters. The summed E-state index contributed by atoms with van der Waals surface area (Å²) in [4.78, 5) is 9.27. The minimum atomic E-state index is 0.589. The number of methoxy groups -OCH3 is 1. The topological polar surface area (TPSA) is 82.8 Å². The first-order chi connectivity index (χ1) is 15.7. The zero-order chi connectivity index (χ0) is 21.9. The number of aromatic nitrogens is 3. The maximum atomic E-state index is 9.63. The van der Waals surface area contributed by atoms with Crippen molar-refractivity contribution >= 4 is 5.52 Å². The molecule has 162 valence electrons. The standard InChI is InChI=1S/C24H24N6O2/c1-31-20-7-5-18(6-8-20)24-26-23(32-27-24)17-29-12-10-28(11-13-29)15-19-16-30-9-3-2-4-22(30)21(19)14-25/h2-9,16H,10-13,15,17H2,1H3. The molecule has 0 bridgehead atoms. The van der Waals surface area contributed by atoms with Gasteiger partial charge in [0.05, 0.1) is 24.7 Å². The zero-order valence-corrected chi connectivity index (χ0v) is 17.9. The van der Waals surface area contributed by atoms with Crippen LogP contribution in [-0.2, 0) is 13.1 Å². The lowest BCUT2D eigenvalue weighted by Gasteiger charge is -2.33. The van der Waals surface area contributed by atoms with Crippen molar-refractivity contribution in [1.82, 2.24) is 24.3 Å². The second-order valence-corrected chi connectivity index (χ2v) is 7.93. The largest absolute Gasteiger partial charge is 0.497 e. The summed E-state index contributed by atoms with van der Waals surface area (Å²) in [7, 11) is 1.64. The van der Waals surface area contributed by atoms with E-state index in [0.29, 0.717) is 18.3 Å². The molecular formula is C24H24N6O2. The van der Waals surface area contributed by atoms with Gasteiger partial charge in [0.15, 0.2) is 0 Å². The van der Waals surface area contributed by atoms with Gasteiger partial charge in [-0.05, 0) is 36.4 Å². The first-order valence-electron chi connectivity index (χ1n) is 10.6. The van der Waals surface area contributed by atoms with Crippen LogP contribution in [0, 0.1) is 11.3 Å². The fraction of sp³-hybridized carbons (Fsp3) is 0.292. The molecule has 3 aromatic heterocycles. The molecule has 4 aromatic rings. The summed E-state index contributed by atoms with van der Waals surface area (Å²) in [5, 5.41) is 13.8.